The molecule has 0 aromatic heterocycles. The Labute approximate surface area is 165 Å². The predicted octanol–water partition coefficient (Wildman–Crippen LogP) is 3.30. The Hall–Kier alpha value is -2.15. The average molecular weight is 387 g/mol. The van der Waals surface area contributed by atoms with Crippen molar-refractivity contribution < 1.29 is 15.0 Å². The molecule has 2 amide bonds. The van der Waals surface area contributed by atoms with Crippen LogP contribution in [0, 0.1) is 22.2 Å². The van der Waals surface area contributed by atoms with Crippen molar-refractivity contribution >= 4 is 6.03 Å². The monoisotopic (exact) mass is 387 g/mol. The second-order valence-electron chi connectivity index (χ2n) is 9.09. The highest BCUT2D eigenvalue weighted by Gasteiger charge is 2.61. The van der Waals surface area contributed by atoms with Crippen LogP contribution in [0.2, 0.25) is 0 Å². The summed E-state index contributed by atoms with van der Waals surface area (Å²) in [5, 5.41) is 27.3. The van der Waals surface area contributed by atoms with E-state index >= 15 is 0 Å². The molecule has 7 nitrogen and oxygen atoms in total. The molecule has 1 aromatic rings. The maximum atomic E-state index is 11.9. The summed E-state index contributed by atoms with van der Waals surface area (Å²) in [6.07, 6.45) is 5.52. The Balaban J connectivity index is 1.54. The number of carbonyl (C=O) groups is 1. The summed E-state index contributed by atoms with van der Waals surface area (Å²) in [6, 6.07) is 5.17. The molecule has 2 fully saturated rings. The number of aromatic hydroxyl groups is 1. The van der Waals surface area contributed by atoms with Crippen molar-refractivity contribution in [1.29, 1.82) is 0 Å². The van der Waals surface area contributed by atoms with E-state index in [1.165, 1.54) is 18.2 Å². The van der Waals surface area contributed by atoms with Crippen LogP contribution in [0.5, 0.6) is 5.75 Å². The third-order valence-corrected chi connectivity index (χ3v) is 7.98. The molecule has 1 aromatic carbocycles. The van der Waals surface area contributed by atoms with Crippen molar-refractivity contribution in [3.63, 3.8) is 0 Å². The lowest BCUT2D eigenvalue weighted by atomic mass is 9.53. The molecule has 0 radical (unpaired) electrons. The number of hydrogen-bond acceptors (Lipinski definition) is 5. The zero-order chi connectivity index (χ0) is 20.1. The van der Waals surface area contributed by atoms with Crippen LogP contribution in [0.15, 0.2) is 23.5 Å². The van der Waals surface area contributed by atoms with Gasteiger partial charge in [-0.15, -0.1) is 4.91 Å². The molecule has 0 heterocycles. The van der Waals surface area contributed by atoms with E-state index in [2.05, 4.69) is 23.6 Å². The van der Waals surface area contributed by atoms with Crippen molar-refractivity contribution in [3.8, 4) is 5.75 Å². The molecular weight excluding hydrogens is 358 g/mol. The Kier molecular flexibility index (Phi) is 4.61. The minimum atomic E-state index is -0.975. The molecule has 0 spiro atoms. The highest BCUT2D eigenvalue weighted by atomic mass is 16.3. The SMILES string of the molecule is CN(N=O)C(=O)NC[C@]1(O)CC[C@H]2[C@@H]3CCc4cc(O)ccc4[C@H]3CC[C@@]21C. The van der Waals surface area contributed by atoms with E-state index in [4.69, 9.17) is 0 Å². The third-order valence-electron chi connectivity index (χ3n) is 7.98. The van der Waals surface area contributed by atoms with Crippen molar-refractivity contribution in [3.05, 3.63) is 34.2 Å². The minimum absolute atomic E-state index is 0.139. The number of nitrogens with zero attached hydrogens (tertiary/aromatic N) is 2. The first-order valence-corrected chi connectivity index (χ1v) is 10.2. The fourth-order valence-corrected chi connectivity index (χ4v) is 6.34. The number of amides is 2. The summed E-state index contributed by atoms with van der Waals surface area (Å²) in [6.45, 7) is 2.31. The smallest absolute Gasteiger partial charge is 0.340 e. The Morgan fingerprint density at radius 1 is 1.32 bits per heavy atom. The normalized spacial score (nSPS) is 36.0. The first kappa shape index (κ1) is 19.2. The summed E-state index contributed by atoms with van der Waals surface area (Å²) >= 11 is 0. The van der Waals surface area contributed by atoms with Crippen LogP contribution in [0.25, 0.3) is 0 Å². The number of aliphatic hydroxyl groups is 1. The van der Waals surface area contributed by atoms with Gasteiger partial charge >= 0.3 is 6.03 Å². The summed E-state index contributed by atoms with van der Waals surface area (Å²) in [5.41, 5.74) is 1.38. The first-order valence-electron chi connectivity index (χ1n) is 10.2. The largest absolute Gasteiger partial charge is 0.508 e. The molecule has 152 valence electrons. The standard InChI is InChI=1S/C21H29N3O4/c1-20-9-7-16-15-6-4-14(25)11-13(15)3-5-17(16)18(20)8-10-21(20,27)12-22-19(26)24(2)23-28/h4,6,11,16-18,25,27H,3,5,7-10,12H2,1-2H3,(H,22,26)/t16-,17-,18+,20+,21-/m1/s1. The molecule has 0 unspecified atom stereocenters. The molecule has 2 saturated carbocycles. The lowest BCUT2D eigenvalue weighted by Gasteiger charge is -2.53. The van der Waals surface area contributed by atoms with Gasteiger partial charge < -0.3 is 15.5 Å². The Morgan fingerprint density at radius 3 is 2.86 bits per heavy atom. The Morgan fingerprint density at radius 2 is 2.11 bits per heavy atom. The number of fused-ring (bicyclic) bond motifs is 5. The number of urea groups is 1. The zero-order valence-electron chi connectivity index (χ0n) is 16.5. The van der Waals surface area contributed by atoms with Gasteiger partial charge in [0.05, 0.1) is 10.9 Å². The van der Waals surface area contributed by atoms with E-state index < -0.39 is 11.6 Å². The van der Waals surface area contributed by atoms with Crippen LogP contribution in [-0.2, 0) is 6.42 Å². The summed E-state index contributed by atoms with van der Waals surface area (Å²) in [5.74, 6) is 1.72. The zero-order valence-corrected chi connectivity index (χ0v) is 16.5. The number of benzene rings is 1. The van der Waals surface area contributed by atoms with Crippen molar-refractivity contribution in [2.45, 2.75) is 57.0 Å². The van der Waals surface area contributed by atoms with Crippen molar-refractivity contribution in [1.82, 2.24) is 10.3 Å². The fraction of sp³-hybridized carbons (Fsp3) is 0.667. The number of hydrogen-bond donors (Lipinski definition) is 3. The van der Waals surface area contributed by atoms with Gasteiger partial charge in [-0.1, -0.05) is 13.0 Å². The van der Waals surface area contributed by atoms with Gasteiger partial charge in [-0.05, 0) is 79.5 Å². The summed E-state index contributed by atoms with van der Waals surface area (Å²) in [4.78, 5) is 22.4. The molecule has 5 atom stereocenters. The van der Waals surface area contributed by atoms with Crippen LogP contribution in [0.3, 0.4) is 0 Å². The fourth-order valence-electron chi connectivity index (χ4n) is 6.34. The van der Waals surface area contributed by atoms with E-state index in [-0.39, 0.29) is 12.0 Å². The number of phenols is 1. The first-order chi connectivity index (χ1) is 13.3. The topological polar surface area (TPSA) is 102 Å². The van der Waals surface area contributed by atoms with E-state index in [9.17, 15) is 19.9 Å². The van der Waals surface area contributed by atoms with Gasteiger partial charge in [0.1, 0.15) is 5.75 Å². The molecule has 3 N–H and O–H groups in total. The van der Waals surface area contributed by atoms with Crippen LogP contribution < -0.4 is 5.32 Å². The summed E-state index contributed by atoms with van der Waals surface area (Å²) < 4.78 is 0. The van der Waals surface area contributed by atoms with Gasteiger partial charge in [-0.3, -0.25) is 0 Å². The molecule has 4 rings (SSSR count). The molecule has 0 saturated heterocycles. The lowest BCUT2D eigenvalue weighted by Crippen LogP contribution is -2.56. The second-order valence-corrected chi connectivity index (χ2v) is 9.09. The Bertz CT molecular complexity index is 800. The molecule has 0 bridgehead atoms. The number of aryl methyl sites for hydroxylation is 1. The van der Waals surface area contributed by atoms with Crippen molar-refractivity contribution in [2.75, 3.05) is 13.6 Å². The quantitative estimate of drug-likeness (QED) is 0.547. The predicted molar refractivity (Wildman–Crippen MR) is 105 cm³/mol. The molecule has 3 aliphatic carbocycles. The van der Waals surface area contributed by atoms with Gasteiger partial charge in [0.2, 0.25) is 0 Å². The van der Waals surface area contributed by atoms with Gasteiger partial charge in [-0.25, -0.2) is 4.79 Å². The highest BCUT2D eigenvalue weighted by molar-refractivity contribution is 5.73. The van der Waals surface area contributed by atoms with E-state index in [1.54, 1.807) is 6.07 Å². The average Bonchev–Trinajstić information content (AvgIpc) is 2.96. The van der Waals surface area contributed by atoms with Gasteiger partial charge in [0, 0.05) is 19.0 Å². The highest BCUT2D eigenvalue weighted by Crippen LogP contribution is 2.64. The summed E-state index contributed by atoms with van der Waals surface area (Å²) in [7, 11) is 1.30. The van der Waals surface area contributed by atoms with Crippen LogP contribution in [0.1, 0.15) is 56.1 Å². The van der Waals surface area contributed by atoms with Gasteiger partial charge in [-0.2, -0.15) is 5.01 Å². The maximum absolute atomic E-state index is 11.9. The van der Waals surface area contributed by atoms with Gasteiger partial charge in [0.25, 0.3) is 0 Å². The third kappa shape index (κ3) is 2.79. The van der Waals surface area contributed by atoms with Crippen molar-refractivity contribution in [2.24, 2.45) is 22.5 Å². The van der Waals surface area contributed by atoms with Crippen LogP contribution in [0.4, 0.5) is 4.79 Å². The van der Waals surface area contributed by atoms with E-state index in [0.29, 0.717) is 34.9 Å². The van der Waals surface area contributed by atoms with E-state index in [1.807, 2.05) is 6.07 Å². The molecular formula is C21H29N3O4. The lowest BCUT2D eigenvalue weighted by molar-refractivity contribution is -0.0992. The van der Waals surface area contributed by atoms with E-state index in [0.717, 1.165) is 32.1 Å². The van der Waals surface area contributed by atoms with Gasteiger partial charge in [0.15, 0.2) is 0 Å². The minimum Gasteiger partial charge on any atom is -0.508 e. The number of phenolic OH excluding ortho intramolecular Hbond substituents is 1. The molecule has 28 heavy (non-hydrogen) atoms. The molecule has 3 aliphatic rings. The number of rotatable bonds is 3. The number of nitroso groups, excluding NO2 is 1. The van der Waals surface area contributed by atoms with Crippen LogP contribution in [-0.4, -0.2) is 40.4 Å². The molecule has 0 aliphatic heterocycles. The number of carbonyl (C=O) groups excluding carboxylic acids is 1. The van der Waals surface area contributed by atoms with Crippen LogP contribution >= 0.6 is 0 Å². The second kappa shape index (κ2) is 6.72. The maximum Gasteiger partial charge on any atom is 0.340 e. The number of nitrogens with one attached hydrogen (secondary N) is 1. The molecule has 7 heteroatoms.